The summed E-state index contributed by atoms with van der Waals surface area (Å²) < 4.78 is 6.01. The molecule has 3 nitrogen and oxygen atoms in total. The average Bonchev–Trinajstić information content (AvgIpc) is 2.60. The van der Waals surface area contributed by atoms with Crippen molar-refractivity contribution in [2.75, 3.05) is 6.54 Å². The lowest BCUT2D eigenvalue weighted by atomic mass is 9.99. The minimum absolute atomic E-state index is 0.0882. The fourth-order valence-electron chi connectivity index (χ4n) is 3.04. The molecule has 0 aliphatic carbocycles. The molecule has 0 saturated carbocycles. The quantitative estimate of drug-likeness (QED) is 0.861. The first-order valence-electron chi connectivity index (χ1n) is 8.27. The van der Waals surface area contributed by atoms with Gasteiger partial charge in [0.1, 0.15) is 5.75 Å². The SMILES string of the molecule is CC[C@@H](Oc1ccccc1C)C(=O)N1CCc2ccccc2C1. The number of carbonyl (C=O) groups is 1. The molecule has 0 aromatic heterocycles. The van der Waals surface area contributed by atoms with Gasteiger partial charge in [0.05, 0.1) is 0 Å². The van der Waals surface area contributed by atoms with Crippen molar-refractivity contribution >= 4 is 5.91 Å². The van der Waals surface area contributed by atoms with E-state index in [9.17, 15) is 4.79 Å². The van der Waals surface area contributed by atoms with Gasteiger partial charge in [0, 0.05) is 13.1 Å². The van der Waals surface area contributed by atoms with Crippen LogP contribution in [0, 0.1) is 6.92 Å². The first kappa shape index (κ1) is 15.6. The molecule has 1 amide bonds. The number of ether oxygens (including phenoxy) is 1. The topological polar surface area (TPSA) is 29.5 Å². The molecule has 1 aliphatic rings. The number of amides is 1. The summed E-state index contributed by atoms with van der Waals surface area (Å²) in [6.45, 7) is 5.45. The van der Waals surface area contributed by atoms with Crippen molar-refractivity contribution in [1.82, 2.24) is 4.90 Å². The van der Waals surface area contributed by atoms with E-state index in [2.05, 4.69) is 18.2 Å². The molecule has 2 aromatic rings. The Balaban J connectivity index is 1.72. The van der Waals surface area contributed by atoms with E-state index in [1.807, 2.05) is 49.1 Å². The van der Waals surface area contributed by atoms with Crippen LogP contribution in [0.4, 0.5) is 0 Å². The molecule has 0 unspecified atom stereocenters. The zero-order valence-electron chi connectivity index (χ0n) is 13.8. The van der Waals surface area contributed by atoms with Crippen LogP contribution in [0.3, 0.4) is 0 Å². The van der Waals surface area contributed by atoms with E-state index in [0.29, 0.717) is 13.0 Å². The van der Waals surface area contributed by atoms with E-state index in [1.165, 1.54) is 11.1 Å². The molecular formula is C20H23NO2. The van der Waals surface area contributed by atoms with Crippen molar-refractivity contribution < 1.29 is 9.53 Å². The molecule has 0 fully saturated rings. The van der Waals surface area contributed by atoms with E-state index in [1.54, 1.807) is 0 Å². The summed E-state index contributed by atoms with van der Waals surface area (Å²) in [4.78, 5) is 14.8. The largest absolute Gasteiger partial charge is 0.480 e. The highest BCUT2D eigenvalue weighted by atomic mass is 16.5. The number of para-hydroxylation sites is 1. The molecule has 1 aliphatic heterocycles. The number of hydrogen-bond acceptors (Lipinski definition) is 2. The Kier molecular flexibility index (Phi) is 4.65. The van der Waals surface area contributed by atoms with Crippen LogP contribution in [-0.2, 0) is 17.8 Å². The third-order valence-electron chi connectivity index (χ3n) is 4.45. The zero-order valence-corrected chi connectivity index (χ0v) is 13.8. The molecule has 3 rings (SSSR count). The molecule has 0 saturated heterocycles. The highest BCUT2D eigenvalue weighted by Crippen LogP contribution is 2.23. The van der Waals surface area contributed by atoms with E-state index < -0.39 is 6.10 Å². The third-order valence-corrected chi connectivity index (χ3v) is 4.45. The Morgan fingerprint density at radius 1 is 1.13 bits per heavy atom. The van der Waals surface area contributed by atoms with Gasteiger partial charge in [-0.1, -0.05) is 49.4 Å². The highest BCUT2D eigenvalue weighted by Gasteiger charge is 2.27. The number of hydrogen-bond donors (Lipinski definition) is 0. The number of aryl methyl sites for hydroxylation is 1. The summed E-state index contributed by atoms with van der Waals surface area (Å²) in [6.07, 6.45) is 1.18. The van der Waals surface area contributed by atoms with Crippen LogP contribution in [0.25, 0.3) is 0 Å². The maximum absolute atomic E-state index is 12.9. The van der Waals surface area contributed by atoms with Gasteiger partial charge < -0.3 is 9.64 Å². The van der Waals surface area contributed by atoms with Gasteiger partial charge in [-0.2, -0.15) is 0 Å². The molecule has 1 heterocycles. The lowest BCUT2D eigenvalue weighted by Gasteiger charge is -2.31. The Labute approximate surface area is 137 Å². The molecule has 0 radical (unpaired) electrons. The average molecular weight is 309 g/mol. The van der Waals surface area contributed by atoms with Crippen LogP contribution in [0.15, 0.2) is 48.5 Å². The first-order chi connectivity index (χ1) is 11.2. The third kappa shape index (κ3) is 3.39. The Bertz CT molecular complexity index is 696. The summed E-state index contributed by atoms with van der Waals surface area (Å²) in [6, 6.07) is 16.2. The lowest BCUT2D eigenvalue weighted by Crippen LogP contribution is -2.44. The van der Waals surface area contributed by atoms with Crippen LogP contribution in [-0.4, -0.2) is 23.5 Å². The van der Waals surface area contributed by atoms with Crippen LogP contribution < -0.4 is 4.74 Å². The highest BCUT2D eigenvalue weighted by molar-refractivity contribution is 5.81. The Morgan fingerprint density at radius 3 is 2.57 bits per heavy atom. The fraction of sp³-hybridized carbons (Fsp3) is 0.350. The van der Waals surface area contributed by atoms with Gasteiger partial charge in [-0.05, 0) is 42.5 Å². The molecule has 0 N–H and O–H groups in total. The maximum Gasteiger partial charge on any atom is 0.263 e. The minimum atomic E-state index is -0.415. The van der Waals surface area contributed by atoms with Gasteiger partial charge >= 0.3 is 0 Å². The fourth-order valence-corrected chi connectivity index (χ4v) is 3.04. The van der Waals surface area contributed by atoms with Crippen molar-refractivity contribution in [3.63, 3.8) is 0 Å². The maximum atomic E-state index is 12.9. The monoisotopic (exact) mass is 309 g/mol. The normalized spacial score (nSPS) is 15.0. The number of carbonyl (C=O) groups excluding carboxylic acids is 1. The van der Waals surface area contributed by atoms with Gasteiger partial charge in [-0.25, -0.2) is 0 Å². The number of rotatable bonds is 4. The van der Waals surface area contributed by atoms with Crippen LogP contribution in [0.2, 0.25) is 0 Å². The van der Waals surface area contributed by atoms with Crippen molar-refractivity contribution in [2.24, 2.45) is 0 Å². The Hall–Kier alpha value is -2.29. The molecular weight excluding hydrogens is 286 g/mol. The molecule has 1 atom stereocenters. The summed E-state index contributed by atoms with van der Waals surface area (Å²) >= 11 is 0. The molecule has 3 heteroatoms. The lowest BCUT2D eigenvalue weighted by molar-refractivity contribution is -0.139. The second kappa shape index (κ2) is 6.86. The van der Waals surface area contributed by atoms with Crippen LogP contribution >= 0.6 is 0 Å². The van der Waals surface area contributed by atoms with Crippen LogP contribution in [0.1, 0.15) is 30.0 Å². The van der Waals surface area contributed by atoms with Gasteiger partial charge in [0.15, 0.2) is 6.10 Å². The Morgan fingerprint density at radius 2 is 1.83 bits per heavy atom. The van der Waals surface area contributed by atoms with Gasteiger partial charge in [-0.15, -0.1) is 0 Å². The number of benzene rings is 2. The van der Waals surface area contributed by atoms with E-state index >= 15 is 0 Å². The summed E-state index contributed by atoms with van der Waals surface area (Å²) in [5.41, 5.74) is 3.66. The number of fused-ring (bicyclic) bond motifs is 1. The van der Waals surface area contributed by atoms with E-state index in [0.717, 1.165) is 24.3 Å². The van der Waals surface area contributed by atoms with Gasteiger partial charge in [-0.3, -0.25) is 4.79 Å². The molecule has 120 valence electrons. The zero-order chi connectivity index (χ0) is 16.2. The second-order valence-corrected chi connectivity index (χ2v) is 6.06. The summed E-state index contributed by atoms with van der Waals surface area (Å²) in [5.74, 6) is 0.885. The van der Waals surface area contributed by atoms with Gasteiger partial charge in [0.2, 0.25) is 0 Å². The van der Waals surface area contributed by atoms with Crippen molar-refractivity contribution in [3.05, 3.63) is 65.2 Å². The molecule has 0 spiro atoms. The van der Waals surface area contributed by atoms with Crippen molar-refractivity contribution in [1.29, 1.82) is 0 Å². The number of nitrogens with zero attached hydrogens (tertiary/aromatic N) is 1. The molecule has 2 aromatic carbocycles. The van der Waals surface area contributed by atoms with E-state index in [-0.39, 0.29) is 5.91 Å². The van der Waals surface area contributed by atoms with E-state index in [4.69, 9.17) is 4.74 Å². The van der Waals surface area contributed by atoms with Crippen LogP contribution in [0.5, 0.6) is 5.75 Å². The molecule has 0 bridgehead atoms. The van der Waals surface area contributed by atoms with Crippen molar-refractivity contribution in [3.8, 4) is 5.75 Å². The summed E-state index contributed by atoms with van der Waals surface area (Å²) in [7, 11) is 0. The smallest absolute Gasteiger partial charge is 0.263 e. The van der Waals surface area contributed by atoms with Gasteiger partial charge in [0.25, 0.3) is 5.91 Å². The second-order valence-electron chi connectivity index (χ2n) is 6.06. The molecule has 23 heavy (non-hydrogen) atoms. The minimum Gasteiger partial charge on any atom is -0.480 e. The first-order valence-corrected chi connectivity index (χ1v) is 8.27. The predicted octanol–water partition coefficient (Wildman–Crippen LogP) is 3.74. The van der Waals surface area contributed by atoms with Crippen molar-refractivity contribution in [2.45, 2.75) is 39.3 Å². The summed E-state index contributed by atoms with van der Waals surface area (Å²) in [5, 5.41) is 0. The standard InChI is InChI=1S/C20H23NO2/c1-3-18(23-19-11-7-4-8-15(19)2)20(22)21-13-12-16-9-5-6-10-17(16)14-21/h4-11,18H,3,12-14H2,1-2H3/t18-/m1/s1. The predicted molar refractivity (Wildman–Crippen MR) is 91.4 cm³/mol.